The first kappa shape index (κ1) is 21.6. The Morgan fingerprint density at radius 1 is 1.13 bits per heavy atom. The van der Waals surface area contributed by atoms with E-state index in [9.17, 15) is 31.1 Å². The average Bonchev–Trinajstić information content (AvgIpc) is 3.24. The van der Waals surface area contributed by atoms with Gasteiger partial charge < -0.3 is 10.5 Å². The summed E-state index contributed by atoms with van der Waals surface area (Å²) < 4.78 is 85.9. The van der Waals surface area contributed by atoms with E-state index in [-0.39, 0.29) is 23.1 Å². The van der Waals surface area contributed by atoms with Gasteiger partial charge in [-0.3, -0.25) is 9.78 Å². The molecule has 1 amide bonds. The summed E-state index contributed by atoms with van der Waals surface area (Å²) in [4.78, 5) is 15.8. The van der Waals surface area contributed by atoms with Gasteiger partial charge in [0.2, 0.25) is 5.91 Å². The summed E-state index contributed by atoms with van der Waals surface area (Å²) in [5.74, 6) is -2.80. The minimum Gasteiger partial charge on any atom is -0.369 e. The molecule has 4 atom stereocenters. The van der Waals surface area contributed by atoms with Crippen molar-refractivity contribution in [3.8, 4) is 0 Å². The number of halogens is 6. The molecule has 2 N–H and O–H groups in total. The van der Waals surface area contributed by atoms with Crippen LogP contribution in [-0.2, 0) is 27.5 Å². The molecular formula is C21H18F6N2O2. The summed E-state index contributed by atoms with van der Waals surface area (Å²) in [5.41, 5.74) is 2.53. The molecule has 0 radical (unpaired) electrons. The zero-order valence-corrected chi connectivity index (χ0v) is 16.2. The molecule has 2 saturated heterocycles. The number of hydrogen-bond acceptors (Lipinski definition) is 3. The maximum absolute atomic E-state index is 13.5. The van der Waals surface area contributed by atoms with Gasteiger partial charge in [0.05, 0.1) is 17.6 Å². The Hall–Kier alpha value is -2.62. The third kappa shape index (κ3) is 3.46. The summed E-state index contributed by atoms with van der Waals surface area (Å²) in [6.07, 6.45) is -8.36. The van der Waals surface area contributed by atoms with Crippen LogP contribution in [0.15, 0.2) is 36.5 Å². The zero-order chi connectivity index (χ0) is 22.8. The number of hydrogen-bond donors (Lipinski definition) is 1. The number of aryl methyl sites for hydroxylation is 1. The van der Waals surface area contributed by atoms with E-state index in [0.29, 0.717) is 6.42 Å². The number of benzene rings is 1. The molecule has 2 aliphatic rings. The van der Waals surface area contributed by atoms with Crippen LogP contribution in [0, 0.1) is 12.8 Å². The lowest BCUT2D eigenvalue weighted by molar-refractivity contribution is -0.141. The van der Waals surface area contributed by atoms with Crippen LogP contribution in [0.5, 0.6) is 0 Å². The largest absolute Gasteiger partial charge is 0.433 e. The number of aromatic nitrogens is 1. The van der Waals surface area contributed by atoms with Crippen molar-refractivity contribution in [1.82, 2.24) is 4.98 Å². The van der Waals surface area contributed by atoms with Crippen LogP contribution >= 0.6 is 0 Å². The maximum atomic E-state index is 13.5. The van der Waals surface area contributed by atoms with Crippen LogP contribution < -0.4 is 5.73 Å². The lowest BCUT2D eigenvalue weighted by Gasteiger charge is -2.35. The van der Waals surface area contributed by atoms with Crippen molar-refractivity contribution in [2.75, 3.05) is 0 Å². The van der Waals surface area contributed by atoms with Crippen LogP contribution in [0.2, 0.25) is 0 Å². The molecule has 4 rings (SSSR count). The summed E-state index contributed by atoms with van der Waals surface area (Å²) in [5, 5.41) is 0. The maximum Gasteiger partial charge on any atom is 0.433 e. The van der Waals surface area contributed by atoms with Gasteiger partial charge in [0, 0.05) is 12.1 Å². The highest BCUT2D eigenvalue weighted by atomic mass is 19.4. The van der Waals surface area contributed by atoms with Gasteiger partial charge in [-0.05, 0) is 54.7 Å². The molecule has 0 saturated carbocycles. The fourth-order valence-electron chi connectivity index (χ4n) is 4.94. The predicted octanol–water partition coefficient (Wildman–Crippen LogP) is 4.70. The highest BCUT2D eigenvalue weighted by Gasteiger charge is 2.63. The number of nitrogens with zero attached hydrogens (tertiary/aromatic N) is 1. The molecule has 1 aromatic carbocycles. The van der Waals surface area contributed by atoms with E-state index in [0.717, 1.165) is 18.3 Å². The molecular weight excluding hydrogens is 426 g/mol. The molecule has 31 heavy (non-hydrogen) atoms. The SMILES string of the molecule is Cc1ccc(C23CCC(O2)C(c2ccnc(C(F)(F)F)c2)C3C(N)=O)cc1C(F)(F)F. The molecule has 0 aliphatic carbocycles. The van der Waals surface area contributed by atoms with E-state index in [1.165, 1.54) is 25.1 Å². The fourth-order valence-corrected chi connectivity index (χ4v) is 4.94. The third-order valence-electron chi connectivity index (χ3n) is 6.22. The second kappa shape index (κ2) is 6.94. The van der Waals surface area contributed by atoms with Crippen LogP contribution in [0.25, 0.3) is 0 Å². The van der Waals surface area contributed by atoms with Crippen molar-refractivity contribution in [3.05, 3.63) is 64.5 Å². The first-order valence-electron chi connectivity index (χ1n) is 9.53. The van der Waals surface area contributed by atoms with Gasteiger partial charge in [-0.2, -0.15) is 26.3 Å². The Labute approximate surface area is 173 Å². The van der Waals surface area contributed by atoms with Crippen molar-refractivity contribution in [2.24, 2.45) is 11.7 Å². The lowest BCUT2D eigenvalue weighted by atomic mass is 9.66. The van der Waals surface area contributed by atoms with Crippen molar-refractivity contribution < 1.29 is 35.9 Å². The lowest BCUT2D eigenvalue weighted by Crippen LogP contribution is -2.43. The molecule has 10 heteroatoms. The summed E-state index contributed by atoms with van der Waals surface area (Å²) in [6, 6.07) is 5.89. The van der Waals surface area contributed by atoms with E-state index in [1.807, 2.05) is 0 Å². The summed E-state index contributed by atoms with van der Waals surface area (Å²) >= 11 is 0. The predicted molar refractivity (Wildman–Crippen MR) is 96.6 cm³/mol. The number of pyridine rings is 1. The molecule has 3 heterocycles. The molecule has 1 aromatic heterocycles. The number of carbonyl (C=O) groups is 1. The zero-order valence-electron chi connectivity index (χ0n) is 16.2. The van der Waals surface area contributed by atoms with E-state index >= 15 is 0 Å². The number of primary amides is 1. The second-order valence-electron chi connectivity index (χ2n) is 7.99. The number of rotatable bonds is 3. The normalized spacial score (nSPS) is 28.2. The van der Waals surface area contributed by atoms with Crippen molar-refractivity contribution >= 4 is 5.91 Å². The summed E-state index contributed by atoms with van der Waals surface area (Å²) in [7, 11) is 0. The minimum atomic E-state index is -4.69. The Morgan fingerprint density at radius 3 is 2.45 bits per heavy atom. The van der Waals surface area contributed by atoms with E-state index in [4.69, 9.17) is 10.5 Å². The number of amides is 1. The van der Waals surface area contributed by atoms with Gasteiger partial charge in [0.1, 0.15) is 11.3 Å². The van der Waals surface area contributed by atoms with Gasteiger partial charge in [-0.25, -0.2) is 0 Å². The Balaban J connectivity index is 1.83. The van der Waals surface area contributed by atoms with Gasteiger partial charge in [0.25, 0.3) is 0 Å². The van der Waals surface area contributed by atoms with Crippen LogP contribution in [0.4, 0.5) is 26.3 Å². The first-order chi connectivity index (χ1) is 14.3. The fraction of sp³-hybridized carbons (Fsp3) is 0.429. The molecule has 2 aromatic rings. The molecule has 166 valence electrons. The van der Waals surface area contributed by atoms with Crippen molar-refractivity contribution in [3.63, 3.8) is 0 Å². The molecule has 0 spiro atoms. The highest BCUT2D eigenvalue weighted by molar-refractivity contribution is 5.80. The number of carbonyl (C=O) groups excluding carboxylic acids is 1. The summed E-state index contributed by atoms with van der Waals surface area (Å²) in [6.45, 7) is 1.32. The number of alkyl halides is 6. The third-order valence-corrected chi connectivity index (χ3v) is 6.22. The average molecular weight is 444 g/mol. The quantitative estimate of drug-likeness (QED) is 0.698. The monoisotopic (exact) mass is 444 g/mol. The number of ether oxygens (including phenoxy) is 1. The molecule has 4 nitrogen and oxygen atoms in total. The van der Waals surface area contributed by atoms with E-state index in [1.54, 1.807) is 0 Å². The van der Waals surface area contributed by atoms with E-state index in [2.05, 4.69) is 4.98 Å². The van der Waals surface area contributed by atoms with Crippen LogP contribution in [-0.4, -0.2) is 17.0 Å². The standard InChI is InChI=1S/C21H18F6N2O2/c1-10-2-3-12(9-13(10)20(22,23)24)19-6-4-14(31-19)16(17(19)18(28)30)11-5-7-29-15(8-11)21(25,26)27/h2-3,5,7-9,14,16-17H,4,6H2,1H3,(H2,28,30). The van der Waals surface area contributed by atoms with Crippen molar-refractivity contribution in [2.45, 2.75) is 49.7 Å². The van der Waals surface area contributed by atoms with Gasteiger partial charge >= 0.3 is 12.4 Å². The topological polar surface area (TPSA) is 65.2 Å². The van der Waals surface area contributed by atoms with Crippen LogP contribution in [0.3, 0.4) is 0 Å². The van der Waals surface area contributed by atoms with Gasteiger partial charge in [-0.15, -0.1) is 0 Å². The molecule has 2 bridgehead atoms. The van der Waals surface area contributed by atoms with Crippen LogP contribution in [0.1, 0.15) is 46.7 Å². The van der Waals surface area contributed by atoms with Crippen molar-refractivity contribution in [1.29, 1.82) is 0 Å². The second-order valence-corrected chi connectivity index (χ2v) is 7.99. The molecule has 4 unspecified atom stereocenters. The molecule has 2 fully saturated rings. The van der Waals surface area contributed by atoms with Gasteiger partial charge in [0.15, 0.2) is 0 Å². The number of fused-ring (bicyclic) bond motifs is 2. The Morgan fingerprint density at radius 2 is 1.84 bits per heavy atom. The minimum absolute atomic E-state index is 0.0105. The first-order valence-corrected chi connectivity index (χ1v) is 9.53. The smallest absolute Gasteiger partial charge is 0.369 e. The Bertz CT molecular complexity index is 1040. The van der Waals surface area contributed by atoms with Gasteiger partial charge in [-0.1, -0.05) is 12.1 Å². The highest BCUT2D eigenvalue weighted by Crippen LogP contribution is 2.60. The molecule has 2 aliphatic heterocycles. The number of nitrogens with two attached hydrogens (primary N) is 1. The van der Waals surface area contributed by atoms with E-state index < -0.39 is 53.1 Å². The Kier molecular flexibility index (Phi) is 4.84.